The van der Waals surface area contributed by atoms with Crippen LogP contribution in [0.1, 0.15) is 12.7 Å². The third kappa shape index (κ3) is 3.36. The standard InChI is InChI=1S/C15H16N2O4S/c1-9-7-14(17-21-9)16-15(18)10(2)22-11-3-4-12-13(8-11)20-6-5-19-12/h3-4,7-8,10H,5-6H2,1-2H3,(H,16,17,18). The molecule has 0 radical (unpaired) electrons. The van der Waals surface area contributed by atoms with Crippen LogP contribution in [0.25, 0.3) is 0 Å². The maximum atomic E-state index is 12.1. The van der Waals surface area contributed by atoms with E-state index in [1.165, 1.54) is 11.8 Å². The molecule has 1 aromatic heterocycles. The van der Waals surface area contributed by atoms with E-state index in [1.54, 1.807) is 13.0 Å². The molecule has 3 rings (SSSR count). The van der Waals surface area contributed by atoms with E-state index in [0.717, 1.165) is 16.4 Å². The number of carbonyl (C=O) groups is 1. The number of rotatable bonds is 4. The Morgan fingerprint density at radius 1 is 1.27 bits per heavy atom. The Morgan fingerprint density at radius 2 is 2.05 bits per heavy atom. The number of anilines is 1. The van der Waals surface area contributed by atoms with Crippen molar-refractivity contribution in [1.82, 2.24) is 5.16 Å². The van der Waals surface area contributed by atoms with Crippen molar-refractivity contribution in [3.63, 3.8) is 0 Å². The van der Waals surface area contributed by atoms with Gasteiger partial charge in [0.2, 0.25) is 5.91 Å². The number of nitrogens with zero attached hydrogens (tertiary/aromatic N) is 1. The van der Waals surface area contributed by atoms with Gasteiger partial charge in [-0.05, 0) is 32.0 Å². The lowest BCUT2D eigenvalue weighted by atomic mass is 10.3. The number of aryl methyl sites for hydroxylation is 1. The first-order chi connectivity index (χ1) is 10.6. The number of amides is 1. The van der Waals surface area contributed by atoms with Crippen molar-refractivity contribution in [1.29, 1.82) is 0 Å². The van der Waals surface area contributed by atoms with Gasteiger partial charge in [0.25, 0.3) is 0 Å². The summed E-state index contributed by atoms with van der Waals surface area (Å²) in [6.45, 7) is 4.72. The van der Waals surface area contributed by atoms with Crippen LogP contribution in [-0.4, -0.2) is 29.5 Å². The molecule has 22 heavy (non-hydrogen) atoms. The summed E-state index contributed by atoms with van der Waals surface area (Å²) in [6, 6.07) is 7.35. The van der Waals surface area contributed by atoms with E-state index in [9.17, 15) is 4.79 Å². The lowest BCUT2D eigenvalue weighted by Crippen LogP contribution is -2.22. The molecular weight excluding hydrogens is 304 g/mol. The van der Waals surface area contributed by atoms with Gasteiger partial charge in [0, 0.05) is 11.0 Å². The smallest absolute Gasteiger partial charge is 0.238 e. The number of hydrogen-bond acceptors (Lipinski definition) is 6. The highest BCUT2D eigenvalue weighted by Crippen LogP contribution is 2.35. The molecule has 1 aliphatic rings. The minimum atomic E-state index is -0.278. The molecule has 1 amide bonds. The van der Waals surface area contributed by atoms with Crippen molar-refractivity contribution < 1.29 is 18.8 Å². The third-order valence-electron chi connectivity index (χ3n) is 3.07. The van der Waals surface area contributed by atoms with Crippen LogP contribution in [0.5, 0.6) is 11.5 Å². The van der Waals surface area contributed by atoms with Gasteiger partial charge in [0.05, 0.1) is 5.25 Å². The Kier molecular flexibility index (Phi) is 4.24. The molecule has 2 heterocycles. The number of nitrogens with one attached hydrogen (secondary N) is 1. The van der Waals surface area contributed by atoms with Gasteiger partial charge in [-0.1, -0.05) is 5.16 Å². The van der Waals surface area contributed by atoms with Crippen molar-refractivity contribution in [2.45, 2.75) is 24.0 Å². The summed E-state index contributed by atoms with van der Waals surface area (Å²) in [5.74, 6) is 2.41. The van der Waals surface area contributed by atoms with Crippen molar-refractivity contribution in [2.24, 2.45) is 0 Å². The predicted molar refractivity (Wildman–Crippen MR) is 82.6 cm³/mol. The second-order valence-corrected chi connectivity index (χ2v) is 6.29. The number of hydrogen-bond donors (Lipinski definition) is 1. The van der Waals surface area contributed by atoms with E-state index in [2.05, 4.69) is 10.5 Å². The number of aromatic nitrogens is 1. The topological polar surface area (TPSA) is 73.6 Å². The van der Waals surface area contributed by atoms with E-state index >= 15 is 0 Å². The Morgan fingerprint density at radius 3 is 2.77 bits per heavy atom. The summed E-state index contributed by atoms with van der Waals surface area (Å²) in [5.41, 5.74) is 0. The van der Waals surface area contributed by atoms with Crippen molar-refractivity contribution >= 4 is 23.5 Å². The van der Waals surface area contributed by atoms with E-state index in [0.29, 0.717) is 24.8 Å². The molecule has 0 aliphatic carbocycles. The van der Waals surface area contributed by atoms with Gasteiger partial charge < -0.3 is 19.3 Å². The molecule has 0 bridgehead atoms. The molecule has 6 nitrogen and oxygen atoms in total. The van der Waals surface area contributed by atoms with Gasteiger partial charge in [0.1, 0.15) is 19.0 Å². The van der Waals surface area contributed by atoms with E-state index in [-0.39, 0.29) is 11.2 Å². The summed E-state index contributed by atoms with van der Waals surface area (Å²) in [7, 11) is 0. The first-order valence-electron chi connectivity index (χ1n) is 6.92. The van der Waals surface area contributed by atoms with Crippen molar-refractivity contribution in [2.75, 3.05) is 18.5 Å². The average molecular weight is 320 g/mol. The van der Waals surface area contributed by atoms with E-state index < -0.39 is 0 Å². The van der Waals surface area contributed by atoms with Crippen LogP contribution in [0, 0.1) is 6.92 Å². The van der Waals surface area contributed by atoms with Gasteiger partial charge in [-0.15, -0.1) is 11.8 Å². The summed E-state index contributed by atoms with van der Waals surface area (Å²) in [5, 5.41) is 6.20. The average Bonchev–Trinajstić information content (AvgIpc) is 2.92. The minimum absolute atomic E-state index is 0.131. The monoisotopic (exact) mass is 320 g/mol. The lowest BCUT2D eigenvalue weighted by Gasteiger charge is -2.19. The molecule has 1 aliphatic heterocycles. The predicted octanol–water partition coefficient (Wildman–Crippen LogP) is 2.87. The SMILES string of the molecule is Cc1cc(NC(=O)C(C)Sc2ccc3c(c2)OCCO3)no1. The van der Waals surface area contributed by atoms with E-state index in [4.69, 9.17) is 14.0 Å². The number of benzene rings is 1. The molecule has 1 aromatic carbocycles. The molecule has 2 aromatic rings. The molecule has 7 heteroatoms. The normalized spacial score (nSPS) is 14.5. The fourth-order valence-electron chi connectivity index (χ4n) is 2.01. The summed E-state index contributed by atoms with van der Waals surface area (Å²) >= 11 is 1.44. The fourth-order valence-corrected chi connectivity index (χ4v) is 2.90. The summed E-state index contributed by atoms with van der Waals surface area (Å²) in [4.78, 5) is 13.1. The molecule has 0 fully saturated rings. The highest BCUT2D eigenvalue weighted by molar-refractivity contribution is 8.00. The lowest BCUT2D eigenvalue weighted by molar-refractivity contribution is -0.115. The van der Waals surface area contributed by atoms with Crippen LogP contribution >= 0.6 is 11.8 Å². The van der Waals surface area contributed by atoms with Gasteiger partial charge in [-0.3, -0.25) is 4.79 Å². The summed E-state index contributed by atoms with van der Waals surface area (Å²) in [6.07, 6.45) is 0. The number of thioether (sulfide) groups is 1. The number of carbonyl (C=O) groups excluding carboxylic acids is 1. The zero-order valence-electron chi connectivity index (χ0n) is 12.3. The van der Waals surface area contributed by atoms with Crippen molar-refractivity contribution in [3.8, 4) is 11.5 Å². The van der Waals surface area contributed by atoms with Crippen LogP contribution < -0.4 is 14.8 Å². The van der Waals surface area contributed by atoms with Crippen LogP contribution in [0.15, 0.2) is 33.7 Å². The number of ether oxygens (including phenoxy) is 2. The molecule has 0 saturated carbocycles. The molecular formula is C15H16N2O4S. The Bertz CT molecular complexity index is 686. The first-order valence-corrected chi connectivity index (χ1v) is 7.80. The maximum absolute atomic E-state index is 12.1. The van der Waals surface area contributed by atoms with Crippen LogP contribution in [0.2, 0.25) is 0 Å². The molecule has 1 unspecified atom stereocenters. The van der Waals surface area contributed by atoms with Gasteiger partial charge in [0.15, 0.2) is 17.3 Å². The zero-order valence-corrected chi connectivity index (χ0v) is 13.1. The summed E-state index contributed by atoms with van der Waals surface area (Å²) < 4.78 is 15.9. The molecule has 116 valence electrons. The van der Waals surface area contributed by atoms with Crippen LogP contribution in [0.4, 0.5) is 5.82 Å². The Balaban J connectivity index is 1.63. The second kappa shape index (κ2) is 6.31. The zero-order chi connectivity index (χ0) is 15.5. The highest BCUT2D eigenvalue weighted by Gasteiger charge is 2.18. The largest absolute Gasteiger partial charge is 0.486 e. The molecule has 0 saturated heterocycles. The van der Waals surface area contributed by atoms with Gasteiger partial charge >= 0.3 is 0 Å². The van der Waals surface area contributed by atoms with Gasteiger partial charge in [-0.2, -0.15) is 0 Å². The fraction of sp³-hybridized carbons (Fsp3) is 0.333. The van der Waals surface area contributed by atoms with E-state index in [1.807, 2.05) is 25.1 Å². The van der Waals surface area contributed by atoms with Crippen molar-refractivity contribution in [3.05, 3.63) is 30.0 Å². The van der Waals surface area contributed by atoms with Gasteiger partial charge in [-0.25, -0.2) is 0 Å². The molecule has 1 atom stereocenters. The molecule has 0 spiro atoms. The first kappa shape index (κ1) is 14.8. The number of fused-ring (bicyclic) bond motifs is 1. The Labute approximate surface area is 132 Å². The van der Waals surface area contributed by atoms with Crippen LogP contribution in [0.3, 0.4) is 0 Å². The second-order valence-electron chi connectivity index (χ2n) is 4.88. The molecule has 1 N–H and O–H groups in total. The highest BCUT2D eigenvalue weighted by atomic mass is 32.2. The maximum Gasteiger partial charge on any atom is 0.238 e. The quantitative estimate of drug-likeness (QED) is 0.873. The minimum Gasteiger partial charge on any atom is -0.486 e. The third-order valence-corrected chi connectivity index (χ3v) is 4.17. The Hall–Kier alpha value is -2.15. The van der Waals surface area contributed by atoms with Crippen LogP contribution in [-0.2, 0) is 4.79 Å².